The van der Waals surface area contributed by atoms with Crippen LogP contribution in [0.4, 0.5) is 29.0 Å². The van der Waals surface area contributed by atoms with Crippen LogP contribution in [0.5, 0.6) is 0 Å². The number of nitrogens with two attached hydrogens (primary N) is 1. The minimum atomic E-state index is -0.608. The predicted octanol–water partition coefficient (Wildman–Crippen LogP) is 3.38. The van der Waals surface area contributed by atoms with Crippen molar-refractivity contribution in [3.05, 3.63) is 47.8 Å². The first-order valence-corrected chi connectivity index (χ1v) is 9.71. The summed E-state index contributed by atoms with van der Waals surface area (Å²) in [4.78, 5) is 23.0. The van der Waals surface area contributed by atoms with E-state index in [0.717, 1.165) is 37.3 Å². The van der Waals surface area contributed by atoms with E-state index in [-0.39, 0.29) is 11.4 Å². The summed E-state index contributed by atoms with van der Waals surface area (Å²) in [5.74, 6) is 1.76. The number of aromatic nitrogens is 4. The van der Waals surface area contributed by atoms with Gasteiger partial charge in [-0.05, 0) is 43.5 Å². The Morgan fingerprint density at radius 2 is 2.03 bits per heavy atom. The number of nitrogens with one attached hydrogen (secondary N) is 1. The first-order valence-electron chi connectivity index (χ1n) is 9.71. The number of carbonyl (C=O) groups excluding carboxylic acids is 1. The molecule has 1 aliphatic rings. The molecular weight excluding hydrogens is 382 g/mol. The van der Waals surface area contributed by atoms with E-state index < -0.39 is 5.91 Å². The molecule has 1 amide bonds. The van der Waals surface area contributed by atoms with Crippen LogP contribution in [-0.2, 0) is 7.05 Å². The molecule has 0 atom stereocenters. The summed E-state index contributed by atoms with van der Waals surface area (Å²) in [7, 11) is 1.68. The summed E-state index contributed by atoms with van der Waals surface area (Å²) in [5.41, 5.74) is 7.08. The maximum atomic E-state index is 11.6. The molecular formula is C20H23N9O. The second-order valence-electron chi connectivity index (χ2n) is 7.10. The van der Waals surface area contributed by atoms with Gasteiger partial charge in [-0.2, -0.15) is 5.10 Å². The topological polar surface area (TPSA) is 127 Å². The molecule has 4 heterocycles. The molecule has 3 aromatic heterocycles. The molecule has 3 aromatic rings. The number of nitrogens with zero attached hydrogens (tertiary/aromatic N) is 7. The maximum absolute atomic E-state index is 11.6. The summed E-state index contributed by atoms with van der Waals surface area (Å²) in [5, 5.41) is 15.9. The third-order valence-electron chi connectivity index (χ3n) is 4.93. The molecule has 0 aromatic carbocycles. The van der Waals surface area contributed by atoms with E-state index in [4.69, 9.17) is 10.7 Å². The summed E-state index contributed by atoms with van der Waals surface area (Å²) >= 11 is 0. The first-order chi connectivity index (χ1) is 14.5. The van der Waals surface area contributed by atoms with Crippen molar-refractivity contribution in [3.8, 4) is 0 Å². The van der Waals surface area contributed by atoms with Gasteiger partial charge >= 0.3 is 0 Å². The highest BCUT2D eigenvalue weighted by Crippen LogP contribution is 2.35. The largest absolute Gasteiger partial charge is 0.365 e. The van der Waals surface area contributed by atoms with Crippen molar-refractivity contribution in [3.63, 3.8) is 0 Å². The van der Waals surface area contributed by atoms with Gasteiger partial charge in [-0.3, -0.25) is 4.79 Å². The van der Waals surface area contributed by atoms with Crippen LogP contribution in [0.2, 0.25) is 0 Å². The fraction of sp³-hybridized carbons (Fsp3) is 0.300. The van der Waals surface area contributed by atoms with Gasteiger partial charge in [-0.25, -0.2) is 14.6 Å². The first kappa shape index (κ1) is 19.5. The van der Waals surface area contributed by atoms with Crippen molar-refractivity contribution in [2.75, 3.05) is 23.3 Å². The van der Waals surface area contributed by atoms with Crippen LogP contribution in [0.3, 0.4) is 0 Å². The fourth-order valence-electron chi connectivity index (χ4n) is 3.35. The Bertz CT molecular complexity index is 1090. The molecule has 1 aliphatic heterocycles. The molecule has 0 spiro atoms. The molecule has 30 heavy (non-hydrogen) atoms. The second-order valence-corrected chi connectivity index (χ2v) is 7.10. The van der Waals surface area contributed by atoms with Crippen molar-refractivity contribution in [2.24, 2.45) is 23.0 Å². The highest BCUT2D eigenvalue weighted by molar-refractivity contribution is 5.96. The lowest BCUT2D eigenvalue weighted by molar-refractivity contribution is 0.100. The van der Waals surface area contributed by atoms with Crippen molar-refractivity contribution >= 4 is 34.9 Å². The van der Waals surface area contributed by atoms with Crippen LogP contribution in [0.25, 0.3) is 0 Å². The number of hydrogen-bond acceptors (Lipinski definition) is 8. The summed E-state index contributed by atoms with van der Waals surface area (Å²) < 4.78 is 1.46. The van der Waals surface area contributed by atoms with Crippen LogP contribution in [0.1, 0.15) is 28.8 Å². The highest BCUT2D eigenvalue weighted by atomic mass is 16.1. The predicted molar refractivity (Wildman–Crippen MR) is 114 cm³/mol. The van der Waals surface area contributed by atoms with Gasteiger partial charge in [0, 0.05) is 26.3 Å². The van der Waals surface area contributed by atoms with E-state index in [1.807, 2.05) is 31.2 Å². The quantitative estimate of drug-likeness (QED) is 0.605. The number of anilines is 3. The highest BCUT2D eigenvalue weighted by Gasteiger charge is 2.19. The van der Waals surface area contributed by atoms with Gasteiger partial charge in [-0.1, -0.05) is 6.07 Å². The van der Waals surface area contributed by atoms with E-state index in [1.54, 1.807) is 13.2 Å². The zero-order valence-corrected chi connectivity index (χ0v) is 16.9. The minimum Gasteiger partial charge on any atom is -0.365 e. The number of amides is 1. The molecule has 0 bridgehead atoms. The molecule has 3 N–H and O–H groups in total. The van der Waals surface area contributed by atoms with Gasteiger partial charge in [-0.15, -0.1) is 10.2 Å². The van der Waals surface area contributed by atoms with Gasteiger partial charge < -0.3 is 16.0 Å². The maximum Gasteiger partial charge on any atom is 0.254 e. The number of pyridine rings is 2. The monoisotopic (exact) mass is 405 g/mol. The van der Waals surface area contributed by atoms with Crippen LogP contribution in [-0.4, -0.2) is 38.7 Å². The van der Waals surface area contributed by atoms with E-state index in [2.05, 4.69) is 30.5 Å². The average molecular weight is 405 g/mol. The normalized spacial score (nSPS) is 13.9. The molecule has 0 saturated carbocycles. The Labute approximate surface area is 173 Å². The molecule has 0 aliphatic carbocycles. The molecule has 0 unspecified atom stereocenters. The molecule has 10 nitrogen and oxygen atoms in total. The second kappa shape index (κ2) is 8.27. The Morgan fingerprint density at radius 1 is 1.23 bits per heavy atom. The molecule has 1 fully saturated rings. The number of aryl methyl sites for hydroxylation is 2. The third-order valence-corrected chi connectivity index (χ3v) is 4.93. The summed E-state index contributed by atoms with van der Waals surface area (Å²) in [6.07, 6.45) is 5.39. The van der Waals surface area contributed by atoms with Gasteiger partial charge in [0.25, 0.3) is 5.91 Å². The summed E-state index contributed by atoms with van der Waals surface area (Å²) in [6.45, 7) is 3.91. The standard InChI is InChI=1S/C20H23N9O/c1-13-11-16(29-9-5-6-10-29)25-19(24-15-7-3-4-8-22-15)17(13)26-27-20-14(18(21)30)12-23-28(20)2/h3-4,7-8,11-12H,5-6,9-10H2,1-2H3,(H2,21,30)(H,22,24,25). The lowest BCUT2D eigenvalue weighted by Gasteiger charge is -2.19. The Kier molecular flexibility index (Phi) is 5.38. The van der Waals surface area contributed by atoms with Crippen molar-refractivity contribution in [1.82, 2.24) is 19.7 Å². The number of hydrogen-bond donors (Lipinski definition) is 2. The molecule has 1 saturated heterocycles. The lowest BCUT2D eigenvalue weighted by Crippen LogP contribution is -2.19. The molecule has 0 radical (unpaired) electrons. The Morgan fingerprint density at radius 3 is 2.73 bits per heavy atom. The number of carbonyl (C=O) groups is 1. The number of azo groups is 1. The van der Waals surface area contributed by atoms with Crippen molar-refractivity contribution in [2.45, 2.75) is 19.8 Å². The van der Waals surface area contributed by atoms with E-state index >= 15 is 0 Å². The third kappa shape index (κ3) is 3.97. The molecule has 154 valence electrons. The lowest BCUT2D eigenvalue weighted by atomic mass is 10.2. The Balaban J connectivity index is 1.76. The van der Waals surface area contributed by atoms with Gasteiger partial charge in [0.1, 0.15) is 22.9 Å². The van der Waals surface area contributed by atoms with E-state index in [9.17, 15) is 4.79 Å². The van der Waals surface area contributed by atoms with Crippen LogP contribution in [0, 0.1) is 6.92 Å². The zero-order valence-electron chi connectivity index (χ0n) is 16.9. The number of primary amides is 1. The van der Waals surface area contributed by atoms with Crippen LogP contribution < -0.4 is 16.0 Å². The van der Waals surface area contributed by atoms with Gasteiger partial charge in [0.05, 0.1) is 6.20 Å². The van der Waals surface area contributed by atoms with Gasteiger partial charge in [0.2, 0.25) is 0 Å². The van der Waals surface area contributed by atoms with E-state index in [0.29, 0.717) is 17.3 Å². The summed E-state index contributed by atoms with van der Waals surface area (Å²) in [6, 6.07) is 7.59. The van der Waals surface area contributed by atoms with Crippen molar-refractivity contribution < 1.29 is 4.79 Å². The number of rotatable bonds is 6. The van der Waals surface area contributed by atoms with Crippen LogP contribution >= 0.6 is 0 Å². The molecule has 10 heteroatoms. The van der Waals surface area contributed by atoms with E-state index in [1.165, 1.54) is 10.9 Å². The zero-order chi connectivity index (χ0) is 21.1. The van der Waals surface area contributed by atoms with Crippen LogP contribution in [0.15, 0.2) is 46.9 Å². The SMILES string of the molecule is Cc1cc(N2CCCC2)nc(Nc2ccccn2)c1N=Nc1c(C(N)=O)cnn1C. The van der Waals surface area contributed by atoms with Gasteiger partial charge in [0.15, 0.2) is 11.6 Å². The minimum absolute atomic E-state index is 0.208. The molecule has 4 rings (SSSR count). The average Bonchev–Trinajstić information content (AvgIpc) is 3.38. The van der Waals surface area contributed by atoms with Crippen molar-refractivity contribution in [1.29, 1.82) is 0 Å². The smallest absolute Gasteiger partial charge is 0.254 e. The fourth-order valence-corrected chi connectivity index (χ4v) is 3.35. The Hall–Kier alpha value is -3.82.